The lowest BCUT2D eigenvalue weighted by molar-refractivity contribution is 0.0948. The first kappa shape index (κ1) is 21.6. The molecule has 4 aromatic rings. The van der Waals surface area contributed by atoms with Gasteiger partial charge in [-0.05, 0) is 28.5 Å². The van der Waals surface area contributed by atoms with Crippen LogP contribution >= 0.6 is 11.5 Å². The summed E-state index contributed by atoms with van der Waals surface area (Å²) in [6, 6.07) is 24.3. The van der Waals surface area contributed by atoms with Gasteiger partial charge in [0.05, 0.1) is 0 Å². The third-order valence-corrected chi connectivity index (χ3v) is 6.85. The number of piperazine rings is 1. The molecule has 0 unspecified atom stereocenters. The lowest BCUT2D eigenvalue weighted by Crippen LogP contribution is -2.48. The van der Waals surface area contributed by atoms with E-state index in [1.54, 1.807) is 0 Å². The minimum Gasteiger partial charge on any atom is -0.351 e. The van der Waals surface area contributed by atoms with Crippen molar-refractivity contribution in [3.05, 3.63) is 89.7 Å². The van der Waals surface area contributed by atoms with Crippen LogP contribution in [0.15, 0.2) is 72.8 Å². The smallest absolute Gasteiger partial charge is 0.251 e. The molecule has 33 heavy (non-hydrogen) atoms. The number of nitrogens with zero attached hydrogens (tertiary/aromatic N) is 4. The van der Waals surface area contributed by atoms with Crippen LogP contribution in [0.2, 0.25) is 0 Å². The minimum atomic E-state index is -0.0146. The van der Waals surface area contributed by atoms with Gasteiger partial charge < -0.3 is 10.2 Å². The molecule has 1 aliphatic rings. The maximum absolute atomic E-state index is 12.5. The molecular formula is C26H27N5OS. The van der Waals surface area contributed by atoms with E-state index in [9.17, 15) is 4.79 Å². The Morgan fingerprint density at radius 2 is 1.67 bits per heavy atom. The first-order valence-electron chi connectivity index (χ1n) is 11.4. The van der Waals surface area contributed by atoms with Crippen molar-refractivity contribution in [3.63, 3.8) is 0 Å². The number of hydrogen-bond donors (Lipinski definition) is 1. The van der Waals surface area contributed by atoms with Crippen LogP contribution in [0.5, 0.6) is 0 Å². The van der Waals surface area contributed by atoms with Crippen molar-refractivity contribution in [1.29, 1.82) is 0 Å². The summed E-state index contributed by atoms with van der Waals surface area (Å²) in [6.45, 7) is 5.27. The van der Waals surface area contributed by atoms with E-state index in [1.807, 2.05) is 54.6 Å². The van der Waals surface area contributed by atoms with Crippen LogP contribution in [-0.2, 0) is 6.42 Å². The first-order valence-corrected chi connectivity index (χ1v) is 12.1. The zero-order valence-electron chi connectivity index (χ0n) is 18.5. The number of aromatic nitrogens is 2. The number of carbonyl (C=O) groups excluding carboxylic acids is 1. The van der Waals surface area contributed by atoms with E-state index >= 15 is 0 Å². The third kappa shape index (κ3) is 5.38. The van der Waals surface area contributed by atoms with Crippen molar-refractivity contribution >= 4 is 33.3 Å². The number of amides is 1. The summed E-state index contributed by atoms with van der Waals surface area (Å²) in [6.07, 6.45) is 0.772. The van der Waals surface area contributed by atoms with Gasteiger partial charge in [-0.1, -0.05) is 60.7 Å². The van der Waals surface area contributed by atoms with E-state index in [4.69, 9.17) is 4.98 Å². The summed E-state index contributed by atoms with van der Waals surface area (Å²) in [5, 5.41) is 6.31. The minimum absolute atomic E-state index is 0.0146. The summed E-state index contributed by atoms with van der Waals surface area (Å²) >= 11 is 1.49. The summed E-state index contributed by atoms with van der Waals surface area (Å²) < 4.78 is 4.55. The topological polar surface area (TPSA) is 61.4 Å². The zero-order chi connectivity index (χ0) is 22.5. The van der Waals surface area contributed by atoms with E-state index in [2.05, 4.69) is 37.7 Å². The Hall–Kier alpha value is -3.29. The second-order valence-electron chi connectivity index (χ2n) is 8.30. The fraction of sp³-hybridized carbons (Fsp3) is 0.269. The Morgan fingerprint density at radius 1 is 0.909 bits per heavy atom. The molecule has 0 saturated carbocycles. The number of benzene rings is 3. The van der Waals surface area contributed by atoms with Crippen LogP contribution in [-0.4, -0.2) is 59.4 Å². The standard InChI is InChI=1S/C26H27N5OS/c32-25(23-11-10-21-8-4-5-9-22(21)19-23)27-12-13-30-14-16-31(17-15-30)26-28-24(29-33-26)18-20-6-2-1-3-7-20/h1-11,19H,12-18H2,(H,27,32). The van der Waals surface area contributed by atoms with Gasteiger partial charge in [-0.15, -0.1) is 0 Å². The van der Waals surface area contributed by atoms with Crippen LogP contribution in [0.1, 0.15) is 21.7 Å². The fourth-order valence-electron chi connectivity index (χ4n) is 4.15. The van der Waals surface area contributed by atoms with Crippen molar-refractivity contribution in [3.8, 4) is 0 Å². The molecule has 1 aliphatic heterocycles. The largest absolute Gasteiger partial charge is 0.351 e. The van der Waals surface area contributed by atoms with E-state index in [1.165, 1.54) is 17.1 Å². The average Bonchev–Trinajstić information content (AvgIpc) is 3.33. The number of fused-ring (bicyclic) bond motifs is 1. The lowest BCUT2D eigenvalue weighted by atomic mass is 10.1. The fourth-order valence-corrected chi connectivity index (χ4v) is 4.88. The average molecular weight is 458 g/mol. The third-order valence-electron chi connectivity index (χ3n) is 6.03. The molecule has 0 radical (unpaired) electrons. The second kappa shape index (κ2) is 10.1. The van der Waals surface area contributed by atoms with Crippen molar-refractivity contribution in [2.24, 2.45) is 0 Å². The maximum Gasteiger partial charge on any atom is 0.251 e. The molecule has 168 valence electrons. The van der Waals surface area contributed by atoms with E-state index in [0.717, 1.165) is 60.9 Å². The van der Waals surface area contributed by atoms with Gasteiger partial charge in [0.25, 0.3) is 5.91 Å². The molecule has 1 saturated heterocycles. The van der Waals surface area contributed by atoms with Gasteiger partial charge in [0.1, 0.15) is 5.82 Å². The molecule has 1 N–H and O–H groups in total. The summed E-state index contributed by atoms with van der Waals surface area (Å²) in [5.74, 6) is 0.874. The number of nitrogens with one attached hydrogen (secondary N) is 1. The summed E-state index contributed by atoms with van der Waals surface area (Å²) in [7, 11) is 0. The molecule has 1 fully saturated rings. The van der Waals surface area contributed by atoms with Gasteiger partial charge in [-0.2, -0.15) is 4.37 Å². The maximum atomic E-state index is 12.5. The molecule has 0 bridgehead atoms. The van der Waals surface area contributed by atoms with Gasteiger partial charge in [0, 0.05) is 62.8 Å². The monoisotopic (exact) mass is 457 g/mol. The normalized spacial score (nSPS) is 14.5. The van der Waals surface area contributed by atoms with Gasteiger partial charge in [-0.25, -0.2) is 4.98 Å². The van der Waals surface area contributed by atoms with Crippen LogP contribution in [0.25, 0.3) is 10.8 Å². The Balaban J connectivity index is 1.07. The Kier molecular flexibility index (Phi) is 6.60. The van der Waals surface area contributed by atoms with Crippen LogP contribution in [0.3, 0.4) is 0 Å². The molecule has 0 aliphatic carbocycles. The number of carbonyl (C=O) groups is 1. The SMILES string of the molecule is O=C(NCCN1CCN(c2nc(Cc3ccccc3)ns2)CC1)c1ccc2ccccc2c1. The van der Waals surface area contributed by atoms with Crippen molar-refractivity contribution < 1.29 is 4.79 Å². The van der Waals surface area contributed by atoms with E-state index in [0.29, 0.717) is 12.1 Å². The molecule has 5 rings (SSSR count). The lowest BCUT2D eigenvalue weighted by Gasteiger charge is -2.34. The quantitative estimate of drug-likeness (QED) is 0.457. The molecular weight excluding hydrogens is 430 g/mol. The Morgan fingerprint density at radius 3 is 2.48 bits per heavy atom. The Bertz CT molecular complexity index is 1220. The second-order valence-corrected chi connectivity index (χ2v) is 9.03. The highest BCUT2D eigenvalue weighted by atomic mass is 32.1. The summed E-state index contributed by atoms with van der Waals surface area (Å²) in [5.41, 5.74) is 1.94. The predicted molar refractivity (Wildman–Crippen MR) is 134 cm³/mol. The zero-order valence-corrected chi connectivity index (χ0v) is 19.3. The molecule has 7 heteroatoms. The molecule has 1 aromatic heterocycles. The first-order chi connectivity index (χ1) is 16.2. The van der Waals surface area contributed by atoms with E-state index in [-0.39, 0.29) is 5.91 Å². The van der Waals surface area contributed by atoms with Crippen molar-refractivity contribution in [2.45, 2.75) is 6.42 Å². The highest BCUT2D eigenvalue weighted by Crippen LogP contribution is 2.20. The summed E-state index contributed by atoms with van der Waals surface area (Å²) in [4.78, 5) is 22.0. The van der Waals surface area contributed by atoms with Crippen LogP contribution < -0.4 is 10.2 Å². The van der Waals surface area contributed by atoms with Crippen LogP contribution in [0.4, 0.5) is 5.13 Å². The molecule has 0 atom stereocenters. The van der Waals surface area contributed by atoms with Gasteiger partial charge in [0.2, 0.25) is 5.13 Å². The molecule has 0 spiro atoms. The van der Waals surface area contributed by atoms with Gasteiger partial charge >= 0.3 is 0 Å². The molecule has 1 amide bonds. The number of anilines is 1. The highest BCUT2D eigenvalue weighted by molar-refractivity contribution is 7.09. The number of hydrogen-bond acceptors (Lipinski definition) is 6. The Labute approximate surface area is 198 Å². The highest BCUT2D eigenvalue weighted by Gasteiger charge is 2.20. The molecule has 3 aromatic carbocycles. The molecule has 6 nitrogen and oxygen atoms in total. The van der Waals surface area contributed by atoms with Crippen molar-refractivity contribution in [1.82, 2.24) is 19.6 Å². The van der Waals surface area contributed by atoms with Crippen molar-refractivity contribution in [2.75, 3.05) is 44.2 Å². The van der Waals surface area contributed by atoms with Crippen LogP contribution in [0, 0.1) is 0 Å². The van der Waals surface area contributed by atoms with Gasteiger partial charge in [-0.3, -0.25) is 9.69 Å². The van der Waals surface area contributed by atoms with E-state index < -0.39 is 0 Å². The predicted octanol–water partition coefficient (Wildman–Crippen LogP) is 3.83. The number of rotatable bonds is 7. The molecule has 2 heterocycles. The van der Waals surface area contributed by atoms with Gasteiger partial charge in [0.15, 0.2) is 0 Å².